The molecule has 0 fully saturated rings. The summed E-state index contributed by atoms with van der Waals surface area (Å²) < 4.78 is 12.7. The lowest BCUT2D eigenvalue weighted by Gasteiger charge is -2.06. The van der Waals surface area contributed by atoms with Gasteiger partial charge in [0.2, 0.25) is 0 Å². The fourth-order valence-electron chi connectivity index (χ4n) is 0.909. The molecule has 1 aromatic rings. The molecule has 0 aromatic heterocycles. The van der Waals surface area contributed by atoms with Crippen LogP contribution in [-0.4, -0.2) is 17.6 Å². The molecule has 0 atom stereocenters. The van der Waals surface area contributed by atoms with Crippen LogP contribution in [0.4, 0.5) is 14.9 Å². The predicted octanol–water partition coefficient (Wildman–Crippen LogP) is 1.23. The first-order valence-corrected chi connectivity index (χ1v) is 4.57. The van der Waals surface area contributed by atoms with Gasteiger partial charge in [0.25, 0.3) is 0 Å². The molecule has 0 aliphatic heterocycles. The summed E-state index contributed by atoms with van der Waals surface area (Å²) in [7, 11) is 0. The largest absolute Gasteiger partial charge is 0.392 e. The van der Waals surface area contributed by atoms with Crippen molar-refractivity contribution in [2.24, 2.45) is 5.73 Å². The summed E-state index contributed by atoms with van der Waals surface area (Å²) in [5.74, 6) is -0.415. The minimum absolute atomic E-state index is 0.108. The summed E-state index contributed by atoms with van der Waals surface area (Å²) in [5.41, 5.74) is 5.56. The third kappa shape index (κ3) is 4.37. The van der Waals surface area contributed by atoms with E-state index >= 15 is 0 Å². The van der Waals surface area contributed by atoms with Gasteiger partial charge >= 0.3 is 6.03 Å². The molecule has 0 heterocycles. The normalized spacial score (nSPS) is 9.40. The number of hydrogen-bond acceptors (Lipinski definition) is 2. The second-order valence-corrected chi connectivity index (χ2v) is 3.31. The highest BCUT2D eigenvalue weighted by Gasteiger charge is 2.01. The van der Waals surface area contributed by atoms with Crippen LogP contribution in [0.15, 0.2) is 24.3 Å². The number of anilines is 1. The standard InChI is InChI=1S/C9H10FN3OS/c10-6-2-1-3-7(4-6)13-9(14)12-5-8(11)15/h1-4H,5H2,(H2,11,15)(H2,12,13,14). The molecule has 15 heavy (non-hydrogen) atoms. The first-order valence-electron chi connectivity index (χ1n) is 4.16. The van der Waals surface area contributed by atoms with Crippen molar-refractivity contribution in [3.8, 4) is 0 Å². The van der Waals surface area contributed by atoms with Gasteiger partial charge in [-0.2, -0.15) is 0 Å². The molecule has 0 saturated carbocycles. The molecule has 0 radical (unpaired) electrons. The van der Waals surface area contributed by atoms with Gasteiger partial charge < -0.3 is 16.4 Å². The monoisotopic (exact) mass is 227 g/mol. The molecule has 0 unspecified atom stereocenters. The van der Waals surface area contributed by atoms with Gasteiger partial charge in [-0.1, -0.05) is 18.3 Å². The number of carbonyl (C=O) groups is 1. The Labute approximate surface area is 91.7 Å². The average Bonchev–Trinajstić information content (AvgIpc) is 2.15. The summed E-state index contributed by atoms with van der Waals surface area (Å²) in [6, 6.07) is 5.09. The van der Waals surface area contributed by atoms with Crippen molar-refractivity contribution in [3.05, 3.63) is 30.1 Å². The molecule has 0 aliphatic carbocycles. The van der Waals surface area contributed by atoms with Crippen LogP contribution in [0.5, 0.6) is 0 Å². The Bertz CT molecular complexity index is 383. The van der Waals surface area contributed by atoms with E-state index in [9.17, 15) is 9.18 Å². The number of hydrogen-bond donors (Lipinski definition) is 3. The number of amides is 2. The molecule has 6 heteroatoms. The van der Waals surface area contributed by atoms with Gasteiger partial charge in [0, 0.05) is 5.69 Å². The summed E-state index contributed by atoms with van der Waals surface area (Å²) >= 11 is 4.57. The summed E-state index contributed by atoms with van der Waals surface area (Å²) in [6.07, 6.45) is 0. The van der Waals surface area contributed by atoms with Crippen molar-refractivity contribution in [2.75, 3.05) is 11.9 Å². The third-order valence-corrected chi connectivity index (χ3v) is 1.65. The van der Waals surface area contributed by atoms with Gasteiger partial charge in [0.05, 0.1) is 11.5 Å². The lowest BCUT2D eigenvalue weighted by atomic mass is 10.3. The number of nitrogens with two attached hydrogens (primary N) is 1. The highest BCUT2D eigenvalue weighted by atomic mass is 32.1. The van der Waals surface area contributed by atoms with E-state index in [1.165, 1.54) is 18.2 Å². The van der Waals surface area contributed by atoms with Crippen LogP contribution >= 0.6 is 12.2 Å². The highest BCUT2D eigenvalue weighted by molar-refractivity contribution is 7.80. The predicted molar refractivity (Wildman–Crippen MR) is 60.2 cm³/mol. The number of thiocarbonyl (C=S) groups is 1. The number of halogens is 1. The molecule has 0 bridgehead atoms. The van der Waals surface area contributed by atoms with Crippen LogP contribution in [-0.2, 0) is 0 Å². The van der Waals surface area contributed by atoms with Gasteiger partial charge in [0.1, 0.15) is 5.82 Å². The van der Waals surface area contributed by atoms with Gasteiger partial charge in [-0.25, -0.2) is 9.18 Å². The lowest BCUT2D eigenvalue weighted by Crippen LogP contribution is -2.35. The topological polar surface area (TPSA) is 67.1 Å². The fourth-order valence-corrected chi connectivity index (χ4v) is 0.981. The zero-order valence-electron chi connectivity index (χ0n) is 7.79. The van der Waals surface area contributed by atoms with Crippen LogP contribution < -0.4 is 16.4 Å². The van der Waals surface area contributed by atoms with E-state index in [1.54, 1.807) is 6.07 Å². The first-order chi connectivity index (χ1) is 7.08. The Morgan fingerprint density at radius 3 is 2.87 bits per heavy atom. The Morgan fingerprint density at radius 2 is 2.27 bits per heavy atom. The fraction of sp³-hybridized carbons (Fsp3) is 0.111. The number of nitrogens with one attached hydrogen (secondary N) is 2. The zero-order chi connectivity index (χ0) is 11.3. The summed E-state index contributed by atoms with van der Waals surface area (Å²) in [6.45, 7) is 0.108. The second-order valence-electron chi connectivity index (χ2n) is 2.78. The molecule has 1 rings (SSSR count). The van der Waals surface area contributed by atoms with E-state index in [-0.39, 0.29) is 11.5 Å². The molecular weight excluding hydrogens is 217 g/mol. The lowest BCUT2D eigenvalue weighted by molar-refractivity contribution is 0.253. The van der Waals surface area contributed by atoms with Gasteiger partial charge in [0.15, 0.2) is 0 Å². The Morgan fingerprint density at radius 1 is 1.53 bits per heavy atom. The van der Waals surface area contributed by atoms with Crippen LogP contribution in [0.25, 0.3) is 0 Å². The zero-order valence-corrected chi connectivity index (χ0v) is 8.60. The van der Waals surface area contributed by atoms with Crippen molar-refractivity contribution in [3.63, 3.8) is 0 Å². The summed E-state index contributed by atoms with van der Waals surface area (Å²) in [5, 5.41) is 4.84. The molecule has 1 aromatic carbocycles. The number of urea groups is 1. The van der Waals surface area contributed by atoms with Gasteiger partial charge in [-0.3, -0.25) is 0 Å². The van der Waals surface area contributed by atoms with E-state index in [4.69, 9.17) is 5.73 Å². The molecule has 0 spiro atoms. The smallest absolute Gasteiger partial charge is 0.319 e. The molecule has 0 saturated heterocycles. The van der Waals surface area contributed by atoms with Crippen molar-refractivity contribution >= 4 is 28.9 Å². The van der Waals surface area contributed by atoms with E-state index in [2.05, 4.69) is 22.9 Å². The quantitative estimate of drug-likeness (QED) is 0.680. The molecule has 2 amide bonds. The third-order valence-electron chi connectivity index (χ3n) is 1.51. The number of benzene rings is 1. The SMILES string of the molecule is NC(=S)CNC(=O)Nc1cccc(F)c1. The first kappa shape index (κ1) is 11.4. The maximum absolute atomic E-state index is 12.7. The van der Waals surface area contributed by atoms with E-state index < -0.39 is 11.8 Å². The van der Waals surface area contributed by atoms with Crippen molar-refractivity contribution < 1.29 is 9.18 Å². The van der Waals surface area contributed by atoms with Crippen LogP contribution in [0.1, 0.15) is 0 Å². The van der Waals surface area contributed by atoms with Gasteiger partial charge in [-0.05, 0) is 18.2 Å². The number of carbonyl (C=O) groups excluding carboxylic acids is 1. The van der Waals surface area contributed by atoms with Crippen LogP contribution in [0.3, 0.4) is 0 Å². The minimum Gasteiger partial charge on any atom is -0.392 e. The Hall–Kier alpha value is -1.69. The molecule has 4 nitrogen and oxygen atoms in total. The average molecular weight is 227 g/mol. The maximum Gasteiger partial charge on any atom is 0.319 e. The summed E-state index contributed by atoms with van der Waals surface area (Å²) in [4.78, 5) is 11.4. The van der Waals surface area contributed by atoms with Crippen molar-refractivity contribution in [1.82, 2.24) is 5.32 Å². The molecule has 4 N–H and O–H groups in total. The van der Waals surface area contributed by atoms with Crippen molar-refractivity contribution in [2.45, 2.75) is 0 Å². The molecular formula is C9H10FN3OS. The highest BCUT2D eigenvalue weighted by Crippen LogP contribution is 2.08. The second kappa shape index (κ2) is 5.26. The Balaban J connectivity index is 2.48. The van der Waals surface area contributed by atoms with Gasteiger partial charge in [-0.15, -0.1) is 0 Å². The number of rotatable bonds is 3. The van der Waals surface area contributed by atoms with Crippen LogP contribution in [0, 0.1) is 5.82 Å². The van der Waals surface area contributed by atoms with Crippen LogP contribution in [0.2, 0.25) is 0 Å². The van der Waals surface area contributed by atoms with E-state index in [1.807, 2.05) is 0 Å². The maximum atomic E-state index is 12.7. The molecule has 80 valence electrons. The van der Waals surface area contributed by atoms with E-state index in [0.717, 1.165) is 0 Å². The Kier molecular flexibility index (Phi) is 3.99. The van der Waals surface area contributed by atoms with Crippen molar-refractivity contribution in [1.29, 1.82) is 0 Å². The van der Waals surface area contributed by atoms with E-state index in [0.29, 0.717) is 5.69 Å². The minimum atomic E-state index is -0.478. The molecule has 0 aliphatic rings.